The fourth-order valence-corrected chi connectivity index (χ4v) is 3.57. The average Bonchev–Trinajstić information content (AvgIpc) is 2.33. The molecule has 0 amide bonds. The highest BCUT2D eigenvalue weighted by molar-refractivity contribution is 7.90. The van der Waals surface area contributed by atoms with Gasteiger partial charge in [0.15, 0.2) is 9.84 Å². The summed E-state index contributed by atoms with van der Waals surface area (Å²) in [7, 11) is -3.48. The predicted molar refractivity (Wildman–Crippen MR) is 73.2 cm³/mol. The van der Waals surface area contributed by atoms with Crippen LogP contribution in [-0.2, 0) is 15.6 Å². The first-order valence-electron chi connectivity index (χ1n) is 5.31. The van der Waals surface area contributed by atoms with Crippen LogP contribution in [0.5, 0.6) is 0 Å². The Balaban J connectivity index is 2.40. The highest BCUT2D eigenvalue weighted by atomic mass is 35.5. The third-order valence-electron chi connectivity index (χ3n) is 2.49. The van der Waals surface area contributed by atoms with Crippen LogP contribution in [0.4, 0.5) is 5.69 Å². The van der Waals surface area contributed by atoms with Crippen LogP contribution in [-0.4, -0.2) is 8.42 Å². The lowest BCUT2D eigenvalue weighted by atomic mass is 10.2. The molecule has 0 unspecified atom stereocenters. The molecule has 0 atom stereocenters. The van der Waals surface area contributed by atoms with Crippen molar-refractivity contribution < 1.29 is 8.42 Å². The molecule has 0 aromatic heterocycles. The fraction of sp³-hybridized carbons (Fsp3) is 0.0769. The number of hydrogen-bond donors (Lipinski definition) is 1. The Morgan fingerprint density at radius 1 is 1.06 bits per heavy atom. The zero-order chi connectivity index (χ0) is 13.2. The molecule has 0 saturated heterocycles. The summed E-state index contributed by atoms with van der Waals surface area (Å²) in [5, 5.41) is 0.195. The van der Waals surface area contributed by atoms with E-state index in [1.54, 1.807) is 30.3 Å². The third-order valence-corrected chi connectivity index (χ3v) is 4.65. The van der Waals surface area contributed by atoms with E-state index in [4.69, 9.17) is 17.3 Å². The van der Waals surface area contributed by atoms with Crippen molar-refractivity contribution in [3.63, 3.8) is 0 Å². The molecule has 0 aliphatic rings. The maximum Gasteiger partial charge on any atom is 0.184 e. The van der Waals surface area contributed by atoms with Gasteiger partial charge in [-0.3, -0.25) is 0 Å². The zero-order valence-electron chi connectivity index (χ0n) is 9.51. The first kappa shape index (κ1) is 12.9. The molecule has 0 heterocycles. The van der Waals surface area contributed by atoms with Gasteiger partial charge in [-0.25, -0.2) is 8.42 Å². The van der Waals surface area contributed by atoms with Crippen LogP contribution in [0, 0.1) is 0 Å². The van der Waals surface area contributed by atoms with Crippen molar-refractivity contribution in [1.29, 1.82) is 0 Å². The molecule has 0 bridgehead atoms. The lowest BCUT2D eigenvalue weighted by Gasteiger charge is -2.07. The Bertz CT molecular complexity index is 654. The van der Waals surface area contributed by atoms with Crippen LogP contribution < -0.4 is 5.73 Å². The van der Waals surface area contributed by atoms with Gasteiger partial charge >= 0.3 is 0 Å². The first-order valence-corrected chi connectivity index (χ1v) is 7.34. The van der Waals surface area contributed by atoms with E-state index in [9.17, 15) is 8.42 Å². The number of nitrogen functional groups attached to an aromatic ring is 1. The molecule has 0 radical (unpaired) electrons. The molecule has 2 N–H and O–H groups in total. The van der Waals surface area contributed by atoms with Crippen molar-refractivity contribution in [2.24, 2.45) is 0 Å². The Labute approximate surface area is 111 Å². The lowest BCUT2D eigenvalue weighted by molar-refractivity contribution is 0.595. The molecule has 0 aliphatic heterocycles. The second-order valence-corrected chi connectivity index (χ2v) is 6.30. The monoisotopic (exact) mass is 281 g/mol. The molecule has 0 aliphatic carbocycles. The summed E-state index contributed by atoms with van der Waals surface area (Å²) in [6.45, 7) is 0. The van der Waals surface area contributed by atoms with Gasteiger partial charge in [0.25, 0.3) is 0 Å². The average molecular weight is 282 g/mol. The summed E-state index contributed by atoms with van der Waals surface area (Å²) in [6.07, 6.45) is 0. The molecular weight excluding hydrogens is 270 g/mol. The summed E-state index contributed by atoms with van der Waals surface area (Å²) >= 11 is 5.91. The quantitative estimate of drug-likeness (QED) is 0.880. The SMILES string of the molecule is Nc1ccc(Cl)c(S(=O)(=O)Cc2ccccc2)c1. The van der Waals surface area contributed by atoms with E-state index in [0.717, 1.165) is 5.56 Å². The highest BCUT2D eigenvalue weighted by Gasteiger charge is 2.18. The second kappa shape index (κ2) is 5.00. The smallest absolute Gasteiger partial charge is 0.184 e. The number of anilines is 1. The van der Waals surface area contributed by atoms with Crippen molar-refractivity contribution in [3.8, 4) is 0 Å². The van der Waals surface area contributed by atoms with Crippen molar-refractivity contribution in [3.05, 3.63) is 59.1 Å². The number of sulfone groups is 1. The van der Waals surface area contributed by atoms with E-state index in [0.29, 0.717) is 5.69 Å². The van der Waals surface area contributed by atoms with Crippen molar-refractivity contribution in [1.82, 2.24) is 0 Å². The van der Waals surface area contributed by atoms with Gasteiger partial charge < -0.3 is 5.73 Å². The minimum atomic E-state index is -3.48. The van der Waals surface area contributed by atoms with Crippen molar-refractivity contribution in [2.45, 2.75) is 10.6 Å². The van der Waals surface area contributed by atoms with Crippen LogP contribution >= 0.6 is 11.6 Å². The largest absolute Gasteiger partial charge is 0.399 e. The Morgan fingerprint density at radius 2 is 1.72 bits per heavy atom. The summed E-state index contributed by atoms with van der Waals surface area (Å²) in [5.41, 5.74) is 6.69. The van der Waals surface area contributed by atoms with Crippen LogP contribution in [0.15, 0.2) is 53.4 Å². The van der Waals surface area contributed by atoms with E-state index < -0.39 is 9.84 Å². The molecule has 94 valence electrons. The van der Waals surface area contributed by atoms with Gasteiger partial charge in [-0.1, -0.05) is 41.9 Å². The van der Waals surface area contributed by atoms with Crippen LogP contribution in [0.25, 0.3) is 0 Å². The van der Waals surface area contributed by atoms with Gasteiger partial charge in [-0.15, -0.1) is 0 Å². The minimum absolute atomic E-state index is 0.0769. The van der Waals surface area contributed by atoms with E-state index in [1.807, 2.05) is 6.07 Å². The molecule has 0 saturated carbocycles. The third kappa shape index (κ3) is 2.83. The molecule has 3 nitrogen and oxygen atoms in total. The van der Waals surface area contributed by atoms with Crippen LogP contribution in [0.3, 0.4) is 0 Å². The van der Waals surface area contributed by atoms with Crippen LogP contribution in [0.2, 0.25) is 5.02 Å². The number of nitrogens with two attached hydrogens (primary N) is 1. The molecule has 5 heteroatoms. The summed E-state index contributed by atoms with van der Waals surface area (Å²) in [5.74, 6) is -0.0863. The fourth-order valence-electron chi connectivity index (χ4n) is 1.63. The topological polar surface area (TPSA) is 60.2 Å². The standard InChI is InChI=1S/C13H12ClNO2S/c14-12-7-6-11(15)8-13(12)18(16,17)9-10-4-2-1-3-5-10/h1-8H,9,15H2. The van der Waals surface area contributed by atoms with E-state index in [1.165, 1.54) is 12.1 Å². The summed E-state index contributed by atoms with van der Waals surface area (Å²) < 4.78 is 24.5. The zero-order valence-corrected chi connectivity index (χ0v) is 11.1. The molecule has 0 fully saturated rings. The van der Waals surface area contributed by atoms with Gasteiger partial charge in [0, 0.05) is 5.69 Å². The summed E-state index contributed by atoms with van der Waals surface area (Å²) in [6, 6.07) is 13.4. The molecule has 2 rings (SSSR count). The molecule has 18 heavy (non-hydrogen) atoms. The minimum Gasteiger partial charge on any atom is -0.399 e. The van der Waals surface area contributed by atoms with Gasteiger partial charge in [-0.05, 0) is 23.8 Å². The van der Waals surface area contributed by atoms with Crippen LogP contribution in [0.1, 0.15) is 5.56 Å². The van der Waals surface area contributed by atoms with Gasteiger partial charge in [0.2, 0.25) is 0 Å². The van der Waals surface area contributed by atoms with Crippen molar-refractivity contribution >= 4 is 27.1 Å². The normalized spacial score (nSPS) is 11.4. The first-order chi connectivity index (χ1) is 8.49. The lowest BCUT2D eigenvalue weighted by Crippen LogP contribution is -2.06. The maximum absolute atomic E-state index is 12.2. The Hall–Kier alpha value is -1.52. The Kier molecular flexibility index (Phi) is 3.59. The van der Waals surface area contributed by atoms with Gasteiger partial charge in [0.05, 0.1) is 15.7 Å². The molecular formula is C13H12ClNO2S. The highest BCUT2D eigenvalue weighted by Crippen LogP contribution is 2.26. The molecule has 0 spiro atoms. The van der Waals surface area contributed by atoms with Gasteiger partial charge in [0.1, 0.15) is 0 Å². The second-order valence-electron chi connectivity index (χ2n) is 3.93. The van der Waals surface area contributed by atoms with E-state index in [-0.39, 0.29) is 15.7 Å². The number of halogens is 1. The molecule has 2 aromatic rings. The number of rotatable bonds is 3. The predicted octanol–water partition coefficient (Wildman–Crippen LogP) is 2.90. The molecule has 2 aromatic carbocycles. The van der Waals surface area contributed by atoms with E-state index >= 15 is 0 Å². The van der Waals surface area contributed by atoms with Gasteiger partial charge in [-0.2, -0.15) is 0 Å². The van der Waals surface area contributed by atoms with E-state index in [2.05, 4.69) is 0 Å². The maximum atomic E-state index is 12.2. The Morgan fingerprint density at radius 3 is 2.39 bits per heavy atom. The summed E-state index contributed by atoms with van der Waals surface area (Å²) in [4.78, 5) is 0.0769. The van der Waals surface area contributed by atoms with Crippen molar-refractivity contribution in [2.75, 3.05) is 5.73 Å². The number of hydrogen-bond acceptors (Lipinski definition) is 3. The number of benzene rings is 2.